The van der Waals surface area contributed by atoms with Crippen molar-refractivity contribution in [2.75, 3.05) is 14.2 Å². The largest absolute Gasteiger partial charge is 0.495 e. The molecule has 0 fully saturated rings. The molecule has 0 unspecified atom stereocenters. The van der Waals surface area contributed by atoms with Crippen LogP contribution in [0.1, 0.15) is 0 Å². The summed E-state index contributed by atoms with van der Waals surface area (Å²) in [4.78, 5) is 22.2. The van der Waals surface area contributed by atoms with E-state index in [4.69, 9.17) is 14.5 Å². The van der Waals surface area contributed by atoms with Crippen LogP contribution in [0.2, 0.25) is 0 Å². The van der Waals surface area contributed by atoms with Gasteiger partial charge in [0.25, 0.3) is 0 Å². The molecule has 0 spiro atoms. The molecule has 0 atom stereocenters. The molecule has 0 saturated carbocycles. The smallest absolute Gasteiger partial charge is 0.167 e. The van der Waals surface area contributed by atoms with E-state index in [1.165, 1.54) is 0 Å². The van der Waals surface area contributed by atoms with E-state index in [1.807, 2.05) is 27.3 Å². The number of pyridine rings is 3. The van der Waals surface area contributed by atoms with Gasteiger partial charge in [-0.3, -0.25) is 19.1 Å². The normalized spacial score (nSPS) is 11.2. The predicted octanol–water partition coefficient (Wildman–Crippen LogP) is 2.57. The molecule has 5 rings (SSSR count). The Morgan fingerprint density at radius 2 is 1.18 bits per heavy atom. The summed E-state index contributed by atoms with van der Waals surface area (Å²) < 4.78 is 14.3. The van der Waals surface area contributed by atoms with Gasteiger partial charge in [-0.05, 0) is 6.07 Å². The molecule has 138 valence electrons. The van der Waals surface area contributed by atoms with Crippen LogP contribution in [0, 0.1) is 0 Å². The van der Waals surface area contributed by atoms with Gasteiger partial charge in [-0.15, -0.1) is 0 Å². The van der Waals surface area contributed by atoms with Crippen molar-refractivity contribution in [1.82, 2.24) is 34.1 Å². The van der Waals surface area contributed by atoms with E-state index in [9.17, 15) is 0 Å². The summed E-state index contributed by atoms with van der Waals surface area (Å²) in [6.07, 6.45) is 10.2. The Bertz CT molecular complexity index is 1210. The molecule has 0 aliphatic carbocycles. The van der Waals surface area contributed by atoms with Crippen molar-refractivity contribution in [1.29, 1.82) is 0 Å². The highest BCUT2D eigenvalue weighted by Crippen LogP contribution is 2.24. The predicted molar refractivity (Wildman–Crippen MR) is 102 cm³/mol. The van der Waals surface area contributed by atoms with Gasteiger partial charge in [-0.2, -0.15) is 0 Å². The number of rotatable bonds is 4. The second-order valence-corrected chi connectivity index (χ2v) is 6.07. The lowest BCUT2D eigenvalue weighted by Gasteiger charge is -2.07. The van der Waals surface area contributed by atoms with Crippen LogP contribution in [-0.2, 0) is 0 Å². The van der Waals surface area contributed by atoms with Crippen LogP contribution in [0.15, 0.2) is 55.6 Å². The lowest BCUT2D eigenvalue weighted by Crippen LogP contribution is -1.99. The maximum atomic E-state index is 5.27. The van der Waals surface area contributed by atoms with Crippen LogP contribution in [0.3, 0.4) is 0 Å². The summed E-state index contributed by atoms with van der Waals surface area (Å²) in [6, 6.07) is 5.67. The van der Waals surface area contributed by atoms with E-state index in [2.05, 4.69) is 19.9 Å². The van der Waals surface area contributed by atoms with E-state index in [1.54, 1.807) is 51.7 Å². The number of hydrogen-bond donors (Lipinski definition) is 0. The zero-order valence-electron chi connectivity index (χ0n) is 15.1. The number of fused-ring (bicyclic) bond motifs is 2. The molecule has 28 heavy (non-hydrogen) atoms. The van der Waals surface area contributed by atoms with Crippen molar-refractivity contribution in [2.45, 2.75) is 0 Å². The molecule has 9 heteroatoms. The minimum absolute atomic E-state index is 0.660. The van der Waals surface area contributed by atoms with Crippen LogP contribution in [0.25, 0.3) is 33.7 Å². The quantitative estimate of drug-likeness (QED) is 0.478. The fourth-order valence-corrected chi connectivity index (χ4v) is 3.05. The number of methoxy groups -OCH3 is 2. The number of hydrogen-bond acceptors (Lipinski definition) is 7. The van der Waals surface area contributed by atoms with Crippen molar-refractivity contribution in [3.63, 3.8) is 0 Å². The average molecular weight is 373 g/mol. The number of imidazole rings is 2. The maximum absolute atomic E-state index is 5.27. The van der Waals surface area contributed by atoms with Crippen LogP contribution in [0.5, 0.6) is 11.5 Å². The van der Waals surface area contributed by atoms with E-state index < -0.39 is 0 Å². The van der Waals surface area contributed by atoms with Crippen molar-refractivity contribution >= 4 is 22.3 Å². The van der Waals surface area contributed by atoms with Gasteiger partial charge in [0.2, 0.25) is 0 Å². The van der Waals surface area contributed by atoms with E-state index in [0.717, 1.165) is 22.4 Å². The van der Waals surface area contributed by atoms with Gasteiger partial charge >= 0.3 is 0 Å². The van der Waals surface area contributed by atoms with Gasteiger partial charge in [-0.1, -0.05) is 0 Å². The second-order valence-electron chi connectivity index (χ2n) is 6.07. The molecule has 5 aromatic heterocycles. The minimum atomic E-state index is 0.660. The van der Waals surface area contributed by atoms with Crippen molar-refractivity contribution in [2.24, 2.45) is 0 Å². The zero-order chi connectivity index (χ0) is 19.1. The third-order valence-electron chi connectivity index (χ3n) is 4.45. The molecule has 0 aromatic carbocycles. The Morgan fingerprint density at radius 1 is 0.679 bits per heavy atom. The number of ether oxygens (including phenoxy) is 2. The highest BCUT2D eigenvalue weighted by atomic mass is 16.5. The standard InChI is InChI=1S/C19H15N7O2/c1-27-14-3-12(6-20-8-14)25-10-22-16-5-17-19(24-18(16)25)26(11-23-17)13-4-15(28-2)9-21-7-13/h3-11H,1-2H3. The maximum Gasteiger partial charge on any atom is 0.167 e. The summed E-state index contributed by atoms with van der Waals surface area (Å²) >= 11 is 0. The monoisotopic (exact) mass is 373 g/mol. The van der Waals surface area contributed by atoms with Gasteiger partial charge in [0.1, 0.15) is 35.2 Å². The Labute approximate surface area is 159 Å². The molecule has 0 bridgehead atoms. The molecular formula is C19H15N7O2. The molecule has 0 saturated heterocycles. The molecule has 5 aromatic rings. The van der Waals surface area contributed by atoms with Crippen molar-refractivity contribution in [3.05, 3.63) is 55.6 Å². The molecule has 0 amide bonds. The first-order chi connectivity index (χ1) is 13.8. The van der Waals surface area contributed by atoms with Gasteiger partial charge in [0.15, 0.2) is 11.3 Å². The SMILES string of the molecule is COc1cncc(-n2cnc3cc4ncn(-c5cncc(OC)c5)c4nc32)c1. The van der Waals surface area contributed by atoms with Crippen LogP contribution in [0.4, 0.5) is 0 Å². The Hall–Kier alpha value is -4.01. The van der Waals surface area contributed by atoms with Crippen molar-refractivity contribution in [3.8, 4) is 22.9 Å². The molecule has 5 heterocycles. The third-order valence-corrected chi connectivity index (χ3v) is 4.45. The van der Waals surface area contributed by atoms with Gasteiger partial charge in [0, 0.05) is 12.1 Å². The number of aromatic nitrogens is 7. The fraction of sp³-hybridized carbons (Fsp3) is 0.105. The van der Waals surface area contributed by atoms with Gasteiger partial charge in [-0.25, -0.2) is 15.0 Å². The Balaban J connectivity index is 1.71. The zero-order valence-corrected chi connectivity index (χ0v) is 15.1. The Morgan fingerprint density at radius 3 is 1.64 bits per heavy atom. The van der Waals surface area contributed by atoms with Gasteiger partial charge in [0.05, 0.1) is 50.4 Å². The first kappa shape index (κ1) is 16.2. The molecule has 0 N–H and O–H groups in total. The summed E-state index contributed by atoms with van der Waals surface area (Å²) in [5.74, 6) is 1.32. The lowest BCUT2D eigenvalue weighted by atomic mass is 10.3. The summed E-state index contributed by atoms with van der Waals surface area (Å²) in [5.41, 5.74) is 4.49. The average Bonchev–Trinajstić information content (AvgIpc) is 3.35. The van der Waals surface area contributed by atoms with Gasteiger partial charge < -0.3 is 9.47 Å². The molecule has 0 aliphatic rings. The molecule has 9 nitrogen and oxygen atoms in total. The van der Waals surface area contributed by atoms with Crippen molar-refractivity contribution < 1.29 is 9.47 Å². The second kappa shape index (κ2) is 6.31. The molecule has 0 aliphatic heterocycles. The van der Waals surface area contributed by atoms with E-state index >= 15 is 0 Å². The Kier molecular flexibility index (Phi) is 3.64. The fourth-order valence-electron chi connectivity index (χ4n) is 3.05. The first-order valence-corrected chi connectivity index (χ1v) is 8.47. The summed E-state index contributed by atoms with van der Waals surface area (Å²) in [5, 5.41) is 0. The third kappa shape index (κ3) is 2.52. The van der Waals surface area contributed by atoms with Crippen LogP contribution < -0.4 is 9.47 Å². The lowest BCUT2D eigenvalue weighted by molar-refractivity contribution is 0.412. The minimum Gasteiger partial charge on any atom is -0.495 e. The highest BCUT2D eigenvalue weighted by Gasteiger charge is 2.14. The molecule has 0 radical (unpaired) electrons. The molecular weight excluding hydrogens is 358 g/mol. The van der Waals surface area contributed by atoms with Crippen LogP contribution >= 0.6 is 0 Å². The first-order valence-electron chi connectivity index (χ1n) is 8.47. The summed E-state index contributed by atoms with van der Waals surface area (Å²) in [7, 11) is 3.21. The topological polar surface area (TPSA) is 92.8 Å². The van der Waals surface area contributed by atoms with E-state index in [0.29, 0.717) is 22.8 Å². The number of nitrogens with zero attached hydrogens (tertiary/aromatic N) is 7. The van der Waals surface area contributed by atoms with E-state index in [-0.39, 0.29) is 0 Å². The van der Waals surface area contributed by atoms with Crippen LogP contribution in [-0.4, -0.2) is 48.3 Å². The highest BCUT2D eigenvalue weighted by molar-refractivity contribution is 5.87. The summed E-state index contributed by atoms with van der Waals surface area (Å²) in [6.45, 7) is 0.